The Morgan fingerprint density at radius 2 is 1.93 bits per heavy atom. The van der Waals surface area contributed by atoms with Crippen LogP contribution in [-0.2, 0) is 6.61 Å². The molecule has 0 saturated carbocycles. The second-order valence-corrected chi connectivity index (χ2v) is 5.61. The minimum absolute atomic E-state index is 0.0529. The molecule has 0 N–H and O–H groups in total. The highest BCUT2D eigenvalue weighted by atomic mass is 19.1. The Morgan fingerprint density at radius 1 is 1.11 bits per heavy atom. The van der Waals surface area contributed by atoms with Crippen molar-refractivity contribution in [1.29, 1.82) is 0 Å². The summed E-state index contributed by atoms with van der Waals surface area (Å²) < 4.78 is 23.9. The fraction of sp³-hybridized carbons (Fsp3) is 0.0556. The Morgan fingerprint density at radius 3 is 2.70 bits per heavy atom. The summed E-state index contributed by atoms with van der Waals surface area (Å²) in [6.07, 6.45) is 1.27. The highest BCUT2D eigenvalue weighted by molar-refractivity contribution is 5.85. The van der Waals surface area contributed by atoms with E-state index in [2.05, 4.69) is 15.1 Å². The van der Waals surface area contributed by atoms with Gasteiger partial charge in [-0.1, -0.05) is 5.16 Å². The van der Waals surface area contributed by atoms with Gasteiger partial charge in [0.15, 0.2) is 12.4 Å². The molecule has 0 bridgehead atoms. The number of nitro benzene ring substituents is 1. The molecule has 0 atom stereocenters. The van der Waals surface area contributed by atoms with Gasteiger partial charge in [0.05, 0.1) is 15.8 Å². The molecule has 0 aliphatic carbocycles. The summed E-state index contributed by atoms with van der Waals surface area (Å²) in [7, 11) is 0. The van der Waals surface area contributed by atoms with E-state index in [4.69, 9.17) is 9.26 Å². The number of hydrogen-bond acceptors (Lipinski definition) is 7. The van der Waals surface area contributed by atoms with E-state index in [0.29, 0.717) is 27.9 Å². The molecule has 0 aliphatic heterocycles. The number of non-ortho nitro benzene ring substituents is 1. The van der Waals surface area contributed by atoms with Gasteiger partial charge in [0, 0.05) is 23.8 Å². The first-order valence-electron chi connectivity index (χ1n) is 7.83. The van der Waals surface area contributed by atoms with E-state index in [1.807, 2.05) is 0 Å². The largest absolute Gasteiger partial charge is 0.469 e. The minimum atomic E-state index is -0.492. The Labute approximate surface area is 151 Å². The quantitative estimate of drug-likeness (QED) is 0.389. The zero-order valence-electron chi connectivity index (χ0n) is 13.7. The number of benzene rings is 2. The highest BCUT2D eigenvalue weighted by Crippen LogP contribution is 2.26. The molecule has 2 aromatic carbocycles. The van der Waals surface area contributed by atoms with Crippen LogP contribution < -0.4 is 4.74 Å². The van der Waals surface area contributed by atoms with Crippen molar-refractivity contribution in [2.45, 2.75) is 6.61 Å². The number of nitro groups is 1. The van der Waals surface area contributed by atoms with Crippen molar-refractivity contribution >= 4 is 16.6 Å². The van der Waals surface area contributed by atoms with Crippen molar-refractivity contribution in [1.82, 2.24) is 15.1 Å². The van der Waals surface area contributed by atoms with Gasteiger partial charge in [0.25, 0.3) is 5.69 Å². The van der Waals surface area contributed by atoms with Crippen LogP contribution in [0.5, 0.6) is 5.88 Å². The predicted molar refractivity (Wildman–Crippen MR) is 92.4 cm³/mol. The zero-order valence-corrected chi connectivity index (χ0v) is 13.7. The molecular formula is C18H11FN4O4. The number of fused-ring (bicyclic) bond motifs is 1. The number of halogens is 1. The molecule has 4 rings (SSSR count). The summed E-state index contributed by atoms with van der Waals surface area (Å²) >= 11 is 0. The lowest BCUT2D eigenvalue weighted by Crippen LogP contribution is -1.98. The lowest BCUT2D eigenvalue weighted by atomic mass is 10.1. The van der Waals surface area contributed by atoms with E-state index >= 15 is 0 Å². The average molecular weight is 366 g/mol. The standard InChI is InChI=1S/C18H11FN4O4/c19-12-3-1-11(2-4-12)16-8-14(27-22-16)9-26-18-15-6-5-13(23(24)25)7-17(15)20-10-21-18/h1-8,10H,9H2. The Bertz CT molecular complexity index is 1130. The van der Waals surface area contributed by atoms with Gasteiger partial charge in [-0.2, -0.15) is 0 Å². The van der Waals surface area contributed by atoms with Gasteiger partial charge < -0.3 is 9.26 Å². The van der Waals surface area contributed by atoms with Crippen molar-refractivity contribution in [2.24, 2.45) is 0 Å². The maximum absolute atomic E-state index is 13.0. The van der Waals surface area contributed by atoms with Crippen LogP contribution in [0.2, 0.25) is 0 Å². The van der Waals surface area contributed by atoms with E-state index in [9.17, 15) is 14.5 Å². The van der Waals surface area contributed by atoms with Crippen molar-refractivity contribution in [3.8, 4) is 17.1 Å². The number of aromatic nitrogens is 3. The predicted octanol–water partition coefficient (Wildman–Crippen LogP) is 3.91. The van der Waals surface area contributed by atoms with Crippen LogP contribution in [0.25, 0.3) is 22.2 Å². The number of hydrogen-bond donors (Lipinski definition) is 0. The van der Waals surface area contributed by atoms with Crippen molar-refractivity contribution in [3.05, 3.63) is 76.6 Å². The third kappa shape index (κ3) is 3.43. The molecule has 4 aromatic rings. The number of nitrogens with zero attached hydrogens (tertiary/aromatic N) is 4. The molecule has 27 heavy (non-hydrogen) atoms. The molecule has 2 aromatic heterocycles. The fourth-order valence-corrected chi connectivity index (χ4v) is 2.53. The van der Waals surface area contributed by atoms with Crippen LogP contribution in [0.4, 0.5) is 10.1 Å². The van der Waals surface area contributed by atoms with Crippen molar-refractivity contribution in [2.75, 3.05) is 0 Å². The molecule has 0 unspecified atom stereocenters. The van der Waals surface area contributed by atoms with Crippen LogP contribution in [0.15, 0.2) is 59.4 Å². The van der Waals surface area contributed by atoms with E-state index in [1.165, 1.54) is 36.7 Å². The summed E-state index contributed by atoms with van der Waals surface area (Å²) in [5, 5.41) is 15.3. The first-order chi connectivity index (χ1) is 13.1. The first kappa shape index (κ1) is 16.6. The molecule has 134 valence electrons. The molecule has 2 heterocycles. The lowest BCUT2D eigenvalue weighted by molar-refractivity contribution is -0.384. The van der Waals surface area contributed by atoms with Crippen LogP contribution in [0, 0.1) is 15.9 Å². The number of rotatable bonds is 5. The van der Waals surface area contributed by atoms with E-state index < -0.39 is 4.92 Å². The minimum Gasteiger partial charge on any atom is -0.469 e. The van der Waals surface area contributed by atoms with Gasteiger partial charge >= 0.3 is 0 Å². The topological polar surface area (TPSA) is 104 Å². The fourth-order valence-electron chi connectivity index (χ4n) is 2.53. The van der Waals surface area contributed by atoms with Gasteiger partial charge in [0.2, 0.25) is 5.88 Å². The van der Waals surface area contributed by atoms with Gasteiger partial charge in [-0.15, -0.1) is 0 Å². The zero-order chi connectivity index (χ0) is 18.8. The van der Waals surface area contributed by atoms with Crippen LogP contribution in [0.1, 0.15) is 5.76 Å². The van der Waals surface area contributed by atoms with E-state index in [1.54, 1.807) is 18.2 Å². The van der Waals surface area contributed by atoms with Crippen LogP contribution >= 0.6 is 0 Å². The Balaban J connectivity index is 1.54. The second-order valence-electron chi connectivity index (χ2n) is 5.61. The van der Waals surface area contributed by atoms with Crippen LogP contribution in [0.3, 0.4) is 0 Å². The molecule has 9 heteroatoms. The second kappa shape index (κ2) is 6.79. The summed E-state index contributed by atoms with van der Waals surface area (Å²) in [6.45, 7) is 0.0529. The highest BCUT2D eigenvalue weighted by Gasteiger charge is 2.13. The third-order valence-electron chi connectivity index (χ3n) is 3.84. The van der Waals surface area contributed by atoms with E-state index in [0.717, 1.165) is 0 Å². The van der Waals surface area contributed by atoms with Gasteiger partial charge in [0.1, 0.15) is 17.8 Å². The normalized spacial score (nSPS) is 10.9. The maximum atomic E-state index is 13.0. The molecular weight excluding hydrogens is 355 g/mol. The summed E-state index contributed by atoms with van der Waals surface area (Å²) in [5.74, 6) is 0.388. The average Bonchev–Trinajstić information content (AvgIpc) is 3.15. The maximum Gasteiger partial charge on any atom is 0.271 e. The van der Waals surface area contributed by atoms with Gasteiger partial charge in [-0.05, 0) is 30.3 Å². The van der Waals surface area contributed by atoms with Gasteiger partial charge in [-0.25, -0.2) is 14.4 Å². The molecule has 0 saturated heterocycles. The first-order valence-corrected chi connectivity index (χ1v) is 7.83. The SMILES string of the molecule is O=[N+]([O-])c1ccc2c(OCc3cc(-c4ccc(F)cc4)no3)ncnc2c1. The molecule has 0 radical (unpaired) electrons. The summed E-state index contributed by atoms with van der Waals surface area (Å²) in [4.78, 5) is 18.5. The van der Waals surface area contributed by atoms with Crippen molar-refractivity contribution in [3.63, 3.8) is 0 Å². The Hall–Kier alpha value is -3.88. The molecule has 8 nitrogen and oxygen atoms in total. The smallest absolute Gasteiger partial charge is 0.271 e. The monoisotopic (exact) mass is 366 g/mol. The summed E-state index contributed by atoms with van der Waals surface area (Å²) in [5.41, 5.74) is 1.60. The molecule has 0 aliphatic rings. The lowest BCUT2D eigenvalue weighted by Gasteiger charge is -2.05. The molecule has 0 amide bonds. The Kier molecular flexibility index (Phi) is 4.17. The number of ether oxygens (including phenoxy) is 1. The van der Waals surface area contributed by atoms with Crippen LogP contribution in [-0.4, -0.2) is 20.0 Å². The van der Waals surface area contributed by atoms with Crippen molar-refractivity contribution < 1.29 is 18.6 Å². The molecule has 0 fully saturated rings. The van der Waals surface area contributed by atoms with E-state index in [-0.39, 0.29) is 24.0 Å². The van der Waals surface area contributed by atoms with Gasteiger partial charge in [-0.3, -0.25) is 10.1 Å². The molecule has 0 spiro atoms. The summed E-state index contributed by atoms with van der Waals surface area (Å²) in [6, 6.07) is 11.8. The third-order valence-corrected chi connectivity index (χ3v) is 3.84.